The van der Waals surface area contributed by atoms with E-state index in [4.69, 9.17) is 21.1 Å². The van der Waals surface area contributed by atoms with Gasteiger partial charge in [0.15, 0.2) is 0 Å². The lowest BCUT2D eigenvalue weighted by Crippen LogP contribution is -2.29. The van der Waals surface area contributed by atoms with Crippen LogP contribution in [0.15, 0.2) is 0 Å². The third-order valence-corrected chi connectivity index (χ3v) is 3.46. The fourth-order valence-corrected chi connectivity index (χ4v) is 2.36. The number of ether oxygens (including phenoxy) is 2. The van der Waals surface area contributed by atoms with Crippen molar-refractivity contribution in [3.05, 3.63) is 5.28 Å². The monoisotopic (exact) mass is 285 g/mol. The molecule has 0 saturated heterocycles. The highest BCUT2D eigenvalue weighted by Crippen LogP contribution is 2.27. The van der Waals surface area contributed by atoms with E-state index in [1.165, 1.54) is 19.3 Å². The van der Waals surface area contributed by atoms with E-state index in [0.717, 1.165) is 12.8 Å². The van der Waals surface area contributed by atoms with Gasteiger partial charge >= 0.3 is 12.0 Å². The van der Waals surface area contributed by atoms with Crippen LogP contribution in [0.4, 0.5) is 0 Å². The van der Waals surface area contributed by atoms with Gasteiger partial charge < -0.3 is 9.47 Å². The molecule has 0 aliphatic heterocycles. The van der Waals surface area contributed by atoms with Crippen molar-refractivity contribution >= 4 is 11.6 Å². The molecular formula is C13H20ClN3O2. The Kier molecular flexibility index (Phi) is 5.19. The molecule has 0 N–H and O–H groups in total. The second-order valence-corrected chi connectivity index (χ2v) is 5.27. The van der Waals surface area contributed by atoms with E-state index >= 15 is 0 Å². The SMILES string of the molecule is CCCOc1nc(Cl)nc(OC2CCCCC2C)n1. The van der Waals surface area contributed by atoms with Crippen molar-refractivity contribution < 1.29 is 9.47 Å². The van der Waals surface area contributed by atoms with Crippen molar-refractivity contribution in [3.63, 3.8) is 0 Å². The second kappa shape index (κ2) is 6.89. The quantitative estimate of drug-likeness (QED) is 0.831. The van der Waals surface area contributed by atoms with E-state index in [-0.39, 0.29) is 23.4 Å². The molecule has 1 aliphatic carbocycles. The molecule has 1 aliphatic rings. The molecular weight excluding hydrogens is 266 g/mol. The van der Waals surface area contributed by atoms with Crippen LogP contribution in [0, 0.1) is 5.92 Å². The van der Waals surface area contributed by atoms with Gasteiger partial charge in [-0.2, -0.15) is 9.97 Å². The van der Waals surface area contributed by atoms with Gasteiger partial charge in [-0.3, -0.25) is 0 Å². The van der Waals surface area contributed by atoms with Crippen molar-refractivity contribution in [2.45, 2.75) is 52.1 Å². The highest BCUT2D eigenvalue weighted by Gasteiger charge is 2.24. The van der Waals surface area contributed by atoms with Gasteiger partial charge in [0.25, 0.3) is 0 Å². The van der Waals surface area contributed by atoms with Crippen molar-refractivity contribution in [2.75, 3.05) is 6.61 Å². The third-order valence-electron chi connectivity index (χ3n) is 3.29. The first-order valence-electron chi connectivity index (χ1n) is 6.90. The lowest BCUT2D eigenvalue weighted by molar-refractivity contribution is 0.0906. The second-order valence-electron chi connectivity index (χ2n) is 4.94. The average molecular weight is 286 g/mol. The zero-order valence-electron chi connectivity index (χ0n) is 11.4. The summed E-state index contributed by atoms with van der Waals surface area (Å²) in [5.74, 6) is 0.518. The molecule has 19 heavy (non-hydrogen) atoms. The fourth-order valence-electron chi connectivity index (χ4n) is 2.22. The van der Waals surface area contributed by atoms with Crippen molar-refractivity contribution in [1.82, 2.24) is 15.0 Å². The van der Waals surface area contributed by atoms with Crippen molar-refractivity contribution in [1.29, 1.82) is 0 Å². The van der Waals surface area contributed by atoms with Gasteiger partial charge in [-0.15, -0.1) is 4.98 Å². The normalized spacial score (nSPS) is 23.1. The fraction of sp³-hybridized carbons (Fsp3) is 0.769. The Bertz CT molecular complexity index is 417. The molecule has 0 spiro atoms. The van der Waals surface area contributed by atoms with Crippen LogP contribution in [0.2, 0.25) is 5.28 Å². The predicted molar refractivity (Wildman–Crippen MR) is 72.7 cm³/mol. The van der Waals surface area contributed by atoms with E-state index in [1.807, 2.05) is 6.92 Å². The van der Waals surface area contributed by atoms with Gasteiger partial charge in [0, 0.05) is 0 Å². The topological polar surface area (TPSA) is 57.1 Å². The molecule has 6 heteroatoms. The molecule has 2 rings (SSSR count). The lowest BCUT2D eigenvalue weighted by Gasteiger charge is -2.28. The molecule has 1 aromatic rings. The summed E-state index contributed by atoms with van der Waals surface area (Å²) in [5, 5.41) is 0.111. The van der Waals surface area contributed by atoms with Gasteiger partial charge in [-0.05, 0) is 43.2 Å². The molecule has 0 radical (unpaired) electrons. The smallest absolute Gasteiger partial charge is 0.324 e. The molecule has 1 aromatic heterocycles. The molecule has 106 valence electrons. The molecule has 0 bridgehead atoms. The minimum atomic E-state index is 0.111. The summed E-state index contributed by atoms with van der Waals surface area (Å²) in [6.07, 6.45) is 5.72. The van der Waals surface area contributed by atoms with Crippen LogP contribution in [0.25, 0.3) is 0 Å². The number of hydrogen-bond acceptors (Lipinski definition) is 5. The summed E-state index contributed by atoms with van der Waals surface area (Å²) >= 11 is 5.86. The number of halogens is 1. The molecule has 2 unspecified atom stereocenters. The molecule has 0 aromatic carbocycles. The first kappa shape index (κ1) is 14.3. The van der Waals surface area contributed by atoms with Crippen LogP contribution in [-0.4, -0.2) is 27.7 Å². The Morgan fingerprint density at radius 3 is 2.63 bits per heavy atom. The summed E-state index contributed by atoms with van der Waals surface area (Å²) in [5.41, 5.74) is 0. The van der Waals surface area contributed by atoms with E-state index < -0.39 is 0 Å². The molecule has 2 atom stereocenters. The van der Waals surface area contributed by atoms with E-state index in [2.05, 4.69) is 21.9 Å². The first-order valence-corrected chi connectivity index (χ1v) is 7.28. The molecule has 1 fully saturated rings. The zero-order valence-corrected chi connectivity index (χ0v) is 12.2. The molecule has 0 amide bonds. The lowest BCUT2D eigenvalue weighted by atomic mass is 9.88. The number of aromatic nitrogens is 3. The third kappa shape index (κ3) is 4.20. The average Bonchev–Trinajstić information content (AvgIpc) is 2.38. The summed E-state index contributed by atoms with van der Waals surface area (Å²) in [6, 6.07) is 0.505. The molecule has 1 saturated carbocycles. The maximum absolute atomic E-state index is 5.86. The van der Waals surface area contributed by atoms with Crippen molar-refractivity contribution in [2.24, 2.45) is 5.92 Å². The zero-order chi connectivity index (χ0) is 13.7. The van der Waals surface area contributed by atoms with E-state index in [1.54, 1.807) is 0 Å². The van der Waals surface area contributed by atoms with Gasteiger partial charge in [-0.1, -0.05) is 20.3 Å². The van der Waals surface area contributed by atoms with E-state index in [0.29, 0.717) is 12.5 Å². The van der Waals surface area contributed by atoms with Gasteiger partial charge in [0.2, 0.25) is 5.28 Å². The van der Waals surface area contributed by atoms with Gasteiger partial charge in [-0.25, -0.2) is 0 Å². The van der Waals surface area contributed by atoms with E-state index in [9.17, 15) is 0 Å². The summed E-state index contributed by atoms with van der Waals surface area (Å²) < 4.78 is 11.2. The summed E-state index contributed by atoms with van der Waals surface area (Å²) in [6.45, 7) is 4.77. The Hall–Kier alpha value is -1.10. The Morgan fingerprint density at radius 2 is 1.89 bits per heavy atom. The van der Waals surface area contributed by atoms with Crippen LogP contribution in [0.3, 0.4) is 0 Å². The Morgan fingerprint density at radius 1 is 1.16 bits per heavy atom. The minimum absolute atomic E-state index is 0.111. The maximum atomic E-state index is 5.86. The van der Waals surface area contributed by atoms with Crippen LogP contribution in [0.1, 0.15) is 46.0 Å². The predicted octanol–water partition coefficient (Wildman–Crippen LogP) is 3.27. The number of hydrogen-bond donors (Lipinski definition) is 0. The van der Waals surface area contributed by atoms with Crippen molar-refractivity contribution in [3.8, 4) is 12.0 Å². The number of nitrogens with zero attached hydrogens (tertiary/aromatic N) is 3. The van der Waals surface area contributed by atoms with Gasteiger partial charge in [0.05, 0.1) is 6.61 Å². The van der Waals surface area contributed by atoms with Gasteiger partial charge in [0.1, 0.15) is 6.10 Å². The highest BCUT2D eigenvalue weighted by atomic mass is 35.5. The first-order chi connectivity index (χ1) is 9.19. The van der Waals surface area contributed by atoms with Crippen LogP contribution in [-0.2, 0) is 0 Å². The molecule has 5 nitrogen and oxygen atoms in total. The largest absolute Gasteiger partial charge is 0.463 e. The number of rotatable bonds is 5. The molecule has 1 heterocycles. The maximum Gasteiger partial charge on any atom is 0.324 e. The Balaban J connectivity index is 2.04. The van der Waals surface area contributed by atoms with Crippen LogP contribution >= 0.6 is 11.6 Å². The summed E-state index contributed by atoms with van der Waals surface area (Å²) in [7, 11) is 0. The van der Waals surface area contributed by atoms with Crippen LogP contribution in [0.5, 0.6) is 12.0 Å². The minimum Gasteiger partial charge on any atom is -0.463 e. The Labute approximate surface area is 118 Å². The van der Waals surface area contributed by atoms with Crippen LogP contribution < -0.4 is 9.47 Å². The summed E-state index contributed by atoms with van der Waals surface area (Å²) in [4.78, 5) is 12.1. The standard InChI is InChI=1S/C13H20ClN3O2/c1-3-8-18-12-15-11(14)16-13(17-12)19-10-7-5-4-6-9(10)2/h9-10H,3-8H2,1-2H3. The highest BCUT2D eigenvalue weighted by molar-refractivity contribution is 6.28.